The maximum Gasteiger partial charge on any atom is 0.146 e. The number of hydrogen-bond acceptors (Lipinski definition) is 6. The van der Waals surface area contributed by atoms with Gasteiger partial charge in [0.05, 0.1) is 11.7 Å². The van der Waals surface area contributed by atoms with Crippen LogP contribution in [0, 0.1) is 11.3 Å². The van der Waals surface area contributed by atoms with E-state index in [1.807, 2.05) is 0 Å². The van der Waals surface area contributed by atoms with Gasteiger partial charge in [0.25, 0.3) is 0 Å². The van der Waals surface area contributed by atoms with Gasteiger partial charge in [-0.25, -0.2) is 4.98 Å². The maximum absolute atomic E-state index is 9.71. The standard InChI is InChI=1S/C19H29N5O/c1-3-4-8-21-18-16(11-20)15-7-9-24(2)13-17(15)19(23-18)22-12-14-6-5-10-25-14/h14H,3-10,12-13H2,1-2H3,(H2,21,22,23). The fourth-order valence-corrected chi connectivity index (χ4v) is 3.56. The van der Waals surface area contributed by atoms with Gasteiger partial charge in [0.1, 0.15) is 17.7 Å². The summed E-state index contributed by atoms with van der Waals surface area (Å²) in [5, 5.41) is 16.6. The summed E-state index contributed by atoms with van der Waals surface area (Å²) < 4.78 is 5.73. The third-order valence-electron chi connectivity index (χ3n) is 5.04. The average Bonchev–Trinajstić information content (AvgIpc) is 3.13. The van der Waals surface area contributed by atoms with E-state index in [0.717, 1.165) is 87.7 Å². The molecule has 6 nitrogen and oxygen atoms in total. The van der Waals surface area contributed by atoms with Crippen molar-refractivity contribution in [1.82, 2.24) is 9.88 Å². The molecular formula is C19H29N5O. The van der Waals surface area contributed by atoms with E-state index < -0.39 is 0 Å². The number of nitriles is 1. The lowest BCUT2D eigenvalue weighted by atomic mass is 9.96. The molecule has 25 heavy (non-hydrogen) atoms. The van der Waals surface area contributed by atoms with Gasteiger partial charge in [0.2, 0.25) is 0 Å². The highest BCUT2D eigenvalue weighted by molar-refractivity contribution is 5.66. The first-order valence-electron chi connectivity index (χ1n) is 9.46. The zero-order chi connectivity index (χ0) is 17.6. The van der Waals surface area contributed by atoms with Crippen LogP contribution in [0.2, 0.25) is 0 Å². The van der Waals surface area contributed by atoms with Crippen molar-refractivity contribution in [3.8, 4) is 6.07 Å². The van der Waals surface area contributed by atoms with Crippen LogP contribution >= 0.6 is 0 Å². The molecule has 0 spiro atoms. The van der Waals surface area contributed by atoms with E-state index in [0.29, 0.717) is 0 Å². The zero-order valence-corrected chi connectivity index (χ0v) is 15.4. The molecule has 2 N–H and O–H groups in total. The van der Waals surface area contributed by atoms with Crippen molar-refractivity contribution in [3.05, 3.63) is 16.7 Å². The smallest absolute Gasteiger partial charge is 0.146 e. The largest absolute Gasteiger partial charge is 0.376 e. The summed E-state index contributed by atoms with van der Waals surface area (Å²) in [6, 6.07) is 2.39. The summed E-state index contributed by atoms with van der Waals surface area (Å²) in [4.78, 5) is 7.08. The zero-order valence-electron chi connectivity index (χ0n) is 15.4. The molecule has 0 aromatic carbocycles. The molecule has 1 fully saturated rings. The third-order valence-corrected chi connectivity index (χ3v) is 5.04. The molecule has 2 aliphatic rings. The van der Waals surface area contributed by atoms with E-state index in [1.54, 1.807) is 0 Å². The lowest BCUT2D eigenvalue weighted by molar-refractivity contribution is 0.120. The summed E-state index contributed by atoms with van der Waals surface area (Å²) in [6.45, 7) is 6.46. The first-order chi connectivity index (χ1) is 12.2. The first-order valence-corrected chi connectivity index (χ1v) is 9.46. The minimum absolute atomic E-state index is 0.269. The monoisotopic (exact) mass is 343 g/mol. The van der Waals surface area contributed by atoms with Crippen molar-refractivity contribution < 1.29 is 4.74 Å². The van der Waals surface area contributed by atoms with Gasteiger partial charge in [-0.15, -0.1) is 0 Å². The molecular weight excluding hydrogens is 314 g/mol. The van der Waals surface area contributed by atoms with E-state index in [1.165, 1.54) is 5.56 Å². The van der Waals surface area contributed by atoms with Crippen LogP contribution in [0.1, 0.15) is 49.3 Å². The number of pyridine rings is 1. The van der Waals surface area contributed by atoms with E-state index >= 15 is 0 Å². The summed E-state index contributed by atoms with van der Waals surface area (Å²) in [5.41, 5.74) is 3.05. The molecule has 136 valence electrons. The molecule has 3 heterocycles. The van der Waals surface area contributed by atoms with E-state index in [4.69, 9.17) is 9.72 Å². The number of unbranched alkanes of at least 4 members (excludes halogenated alkanes) is 1. The SMILES string of the molecule is CCCCNc1nc(NCC2CCCO2)c2c(c1C#N)CCN(C)C2. The Bertz CT molecular complexity index is 634. The molecule has 0 aliphatic carbocycles. The average molecular weight is 343 g/mol. The van der Waals surface area contributed by atoms with Gasteiger partial charge < -0.3 is 20.3 Å². The number of anilines is 2. The predicted molar refractivity (Wildman–Crippen MR) is 99.9 cm³/mol. The van der Waals surface area contributed by atoms with Gasteiger partial charge in [-0.2, -0.15) is 5.26 Å². The van der Waals surface area contributed by atoms with Gasteiger partial charge in [0.15, 0.2) is 0 Å². The number of hydrogen-bond donors (Lipinski definition) is 2. The van der Waals surface area contributed by atoms with E-state index in [2.05, 4.69) is 35.6 Å². The molecule has 0 bridgehead atoms. The summed E-state index contributed by atoms with van der Waals surface area (Å²) in [5.74, 6) is 1.64. The minimum Gasteiger partial charge on any atom is -0.376 e. The van der Waals surface area contributed by atoms with Crippen molar-refractivity contribution in [2.45, 2.75) is 51.7 Å². The minimum atomic E-state index is 0.269. The number of nitrogens with zero attached hydrogens (tertiary/aromatic N) is 3. The predicted octanol–water partition coefficient (Wildman–Crippen LogP) is 2.74. The summed E-state index contributed by atoms with van der Waals surface area (Å²) >= 11 is 0. The molecule has 3 rings (SSSR count). The van der Waals surface area contributed by atoms with Crippen LogP contribution in [0.15, 0.2) is 0 Å². The van der Waals surface area contributed by atoms with Gasteiger partial charge in [-0.3, -0.25) is 0 Å². The Morgan fingerprint density at radius 3 is 2.92 bits per heavy atom. The summed E-state index contributed by atoms with van der Waals surface area (Å²) in [6.07, 6.45) is 5.60. The molecule has 1 aromatic rings. The molecule has 1 atom stereocenters. The number of nitrogens with one attached hydrogen (secondary N) is 2. The van der Waals surface area contributed by atoms with E-state index in [-0.39, 0.29) is 6.10 Å². The molecule has 2 aliphatic heterocycles. The van der Waals surface area contributed by atoms with Crippen LogP contribution in [0.4, 0.5) is 11.6 Å². The molecule has 0 saturated carbocycles. The van der Waals surface area contributed by atoms with Gasteiger partial charge >= 0.3 is 0 Å². The van der Waals surface area contributed by atoms with Crippen molar-refractivity contribution >= 4 is 11.6 Å². The fraction of sp³-hybridized carbons (Fsp3) is 0.684. The number of fused-ring (bicyclic) bond motifs is 1. The maximum atomic E-state index is 9.71. The number of rotatable bonds is 7. The van der Waals surface area contributed by atoms with Gasteiger partial charge in [0, 0.05) is 38.3 Å². The Morgan fingerprint density at radius 2 is 2.20 bits per heavy atom. The number of ether oxygens (including phenoxy) is 1. The molecule has 1 aromatic heterocycles. The Hall–Kier alpha value is -1.84. The normalized spacial score (nSPS) is 20.1. The van der Waals surface area contributed by atoms with Crippen LogP contribution in [-0.2, 0) is 17.7 Å². The van der Waals surface area contributed by atoms with Crippen molar-refractivity contribution in [2.75, 3.05) is 43.9 Å². The van der Waals surface area contributed by atoms with Crippen molar-refractivity contribution in [1.29, 1.82) is 5.26 Å². The van der Waals surface area contributed by atoms with Crippen molar-refractivity contribution in [3.63, 3.8) is 0 Å². The van der Waals surface area contributed by atoms with Gasteiger partial charge in [-0.05, 0) is 38.3 Å². The first kappa shape index (κ1) is 18.0. The highest BCUT2D eigenvalue weighted by atomic mass is 16.5. The number of likely N-dealkylation sites (N-methyl/N-ethyl adjacent to an activating group) is 1. The molecule has 6 heteroatoms. The Labute approximate surface area is 150 Å². The highest BCUT2D eigenvalue weighted by Gasteiger charge is 2.25. The Morgan fingerprint density at radius 1 is 1.32 bits per heavy atom. The number of aromatic nitrogens is 1. The van der Waals surface area contributed by atoms with Crippen LogP contribution < -0.4 is 10.6 Å². The Kier molecular flexibility index (Phi) is 6.11. The quantitative estimate of drug-likeness (QED) is 0.742. The molecule has 0 amide bonds. The lowest BCUT2D eigenvalue weighted by Crippen LogP contribution is -2.30. The van der Waals surface area contributed by atoms with E-state index in [9.17, 15) is 5.26 Å². The second-order valence-corrected chi connectivity index (χ2v) is 7.04. The topological polar surface area (TPSA) is 73.2 Å². The van der Waals surface area contributed by atoms with Crippen LogP contribution in [0.5, 0.6) is 0 Å². The van der Waals surface area contributed by atoms with Crippen LogP contribution in [-0.4, -0.2) is 49.3 Å². The molecule has 1 unspecified atom stereocenters. The fourth-order valence-electron chi connectivity index (χ4n) is 3.56. The second-order valence-electron chi connectivity index (χ2n) is 7.04. The lowest BCUT2D eigenvalue weighted by Gasteiger charge is -2.29. The summed E-state index contributed by atoms with van der Waals surface area (Å²) in [7, 11) is 2.12. The van der Waals surface area contributed by atoms with Gasteiger partial charge in [-0.1, -0.05) is 13.3 Å². The third kappa shape index (κ3) is 4.23. The molecule has 0 radical (unpaired) electrons. The van der Waals surface area contributed by atoms with Crippen LogP contribution in [0.25, 0.3) is 0 Å². The second kappa shape index (κ2) is 8.50. The highest BCUT2D eigenvalue weighted by Crippen LogP contribution is 2.31. The van der Waals surface area contributed by atoms with Crippen LogP contribution in [0.3, 0.4) is 0 Å². The Balaban J connectivity index is 1.87. The molecule has 1 saturated heterocycles. The van der Waals surface area contributed by atoms with Crippen molar-refractivity contribution in [2.24, 2.45) is 0 Å².